The molecule has 0 atom stereocenters. The Morgan fingerprint density at radius 2 is 0.774 bits per heavy atom. The lowest BCUT2D eigenvalue weighted by Gasteiger charge is -2.15. The Kier molecular flexibility index (Phi) is 22.3. The number of pyridine rings is 4. The SMILES string of the molecule is CN1CC(=O)N(Cc2ccc3c(-c4ccc(F)cc4)cc(C#N)nc3c2)C1=O.CN1CC(=O)N(Cc2ccc3c(-c4ccc(F)cc4)cc(C(N)=O)nc3c2)C1=O.CN1CC(=O)NC1=O.Cc1ccc2c(-c3ccc(F)cc3)cc(C#N)nc2c1.N#Cc1cc(-c2ccc(F)cc2)c2ccc(CBr)cc2n1. The molecular weight excluding hydrogens is 1420 g/mol. The zero-order chi connectivity index (χ0) is 75.6. The molecule has 0 aliphatic carbocycles. The van der Waals surface area contributed by atoms with Crippen LogP contribution in [0.25, 0.3) is 88.1 Å². The average Bonchev–Trinajstić information content (AvgIpc) is 1.40. The van der Waals surface area contributed by atoms with Gasteiger partial charge in [0.1, 0.15) is 83.9 Å². The standard InChI is InChI=1S/C21H17FN4O3.C21H15FN4O2.C17H10BrFN2.C17H11FN2.C4H6N2O2/c1-25-11-19(27)26(21(25)29)10-12-2-7-15-16(13-3-5-14(22)6-4-13)9-18(20(23)28)24-17(15)8-12;1-25-12-20(27)26(21(25)28)11-13-2-7-17-18(14-3-5-15(22)6-4-14)9-16(10-23)24-19(17)8-13;18-9-11-1-6-15-16(12-2-4-13(19)5-3-12)8-14(10-20)21-17(15)7-11;1-11-2-7-15-16(12-3-5-13(18)6-4-12)9-14(10-19)20-17(15)8-11;1-6-2-3(7)5-4(6)8/h2-9H,10-11H2,1H3,(H2,23,28);2-9H,11-12H2,1H3;1-8H,9H2;2-9H,1H3;2H2,1H3,(H,5,7,8). The smallest absolute Gasteiger partial charge is 0.327 e. The number of imide groups is 3. The number of hydrogen-bond acceptors (Lipinski definition) is 14. The molecule has 3 fully saturated rings. The third-order valence-electron chi connectivity index (χ3n) is 17.1. The van der Waals surface area contributed by atoms with E-state index in [2.05, 4.69) is 53.3 Å². The number of primary amides is 1. The van der Waals surface area contributed by atoms with Gasteiger partial charge in [0.25, 0.3) is 17.7 Å². The third kappa shape index (κ3) is 16.9. The lowest BCUT2D eigenvalue weighted by Crippen LogP contribution is -2.31. The van der Waals surface area contributed by atoms with Gasteiger partial charge in [0.15, 0.2) is 0 Å². The van der Waals surface area contributed by atoms with E-state index in [4.69, 9.17) is 16.3 Å². The molecule has 0 unspecified atom stereocenters. The number of nitrogens with two attached hydrogens (primary N) is 1. The monoisotopic (exact) mass is 1480 g/mol. The molecule has 3 aliphatic heterocycles. The van der Waals surface area contributed by atoms with Crippen molar-refractivity contribution in [2.24, 2.45) is 5.73 Å². The Hall–Kier alpha value is -13.6. The molecule has 3 saturated heterocycles. The predicted molar refractivity (Wildman–Crippen MR) is 392 cm³/mol. The summed E-state index contributed by atoms with van der Waals surface area (Å²) in [7, 11) is 4.72. The molecule has 26 heteroatoms. The molecule has 8 aromatic carbocycles. The van der Waals surface area contributed by atoms with E-state index in [1.807, 2.05) is 61.5 Å². The first-order valence-electron chi connectivity index (χ1n) is 32.4. The van der Waals surface area contributed by atoms with Crippen LogP contribution in [0.4, 0.5) is 31.9 Å². The van der Waals surface area contributed by atoms with Crippen molar-refractivity contribution in [1.82, 2.24) is 49.8 Å². The zero-order valence-corrected chi connectivity index (χ0v) is 58.5. The van der Waals surface area contributed by atoms with E-state index in [1.54, 1.807) is 118 Å². The summed E-state index contributed by atoms with van der Waals surface area (Å²) in [6, 6.07) is 59.0. The second-order valence-electron chi connectivity index (χ2n) is 24.6. The molecule has 10 amide bonds. The molecule has 21 nitrogen and oxygen atoms in total. The Morgan fingerprint density at radius 1 is 0.443 bits per heavy atom. The number of carbonyl (C=O) groups excluding carboxylic acids is 7. The van der Waals surface area contributed by atoms with Crippen molar-refractivity contribution >= 4 is 101 Å². The number of rotatable bonds is 10. The molecule has 0 saturated carbocycles. The first-order valence-corrected chi connectivity index (χ1v) is 33.5. The zero-order valence-electron chi connectivity index (χ0n) is 56.9. The number of aromatic nitrogens is 4. The summed E-state index contributed by atoms with van der Waals surface area (Å²) in [4.78, 5) is 104. The van der Waals surface area contributed by atoms with E-state index in [0.717, 1.165) is 88.0 Å². The number of fused-ring (bicyclic) bond motifs is 4. The van der Waals surface area contributed by atoms with Gasteiger partial charge in [-0.15, -0.1) is 0 Å². The number of hydrogen-bond donors (Lipinski definition) is 2. The van der Waals surface area contributed by atoms with Gasteiger partial charge < -0.3 is 20.4 Å². The number of urea groups is 3. The fraction of sp³-hybridized carbons (Fsp3) is 0.125. The highest BCUT2D eigenvalue weighted by Gasteiger charge is 2.35. The second-order valence-corrected chi connectivity index (χ2v) is 25.2. The van der Waals surface area contributed by atoms with Gasteiger partial charge in [-0.2, -0.15) is 15.8 Å². The summed E-state index contributed by atoms with van der Waals surface area (Å²) in [6.45, 7) is 2.54. The number of nitrogens with one attached hydrogen (secondary N) is 1. The first-order chi connectivity index (χ1) is 50.9. The van der Waals surface area contributed by atoms with Gasteiger partial charge in [-0.05, 0) is 171 Å². The molecule has 0 spiro atoms. The molecule has 3 N–H and O–H groups in total. The summed E-state index contributed by atoms with van der Waals surface area (Å²) in [6.07, 6.45) is 0. The topological polar surface area (TPSA) is 297 Å². The number of amides is 10. The number of nitrogens with zero attached hydrogens (tertiary/aromatic N) is 12. The quantitative estimate of drug-likeness (QED) is 0.0731. The summed E-state index contributed by atoms with van der Waals surface area (Å²) in [5.74, 6) is -2.70. The average molecular weight is 1480 g/mol. The van der Waals surface area contributed by atoms with Crippen LogP contribution in [-0.4, -0.2) is 127 Å². The second kappa shape index (κ2) is 32.1. The van der Waals surface area contributed by atoms with E-state index in [0.29, 0.717) is 39.1 Å². The third-order valence-corrected chi connectivity index (χ3v) is 17.7. The largest absolute Gasteiger partial charge is 0.364 e. The number of likely N-dealkylation sites (N-methyl/N-ethyl adjacent to an activating group) is 3. The van der Waals surface area contributed by atoms with Gasteiger partial charge >= 0.3 is 18.1 Å². The van der Waals surface area contributed by atoms with Crippen LogP contribution in [-0.2, 0) is 32.8 Å². The molecular formula is C80H59BrF4N14O7. The Bertz CT molecular complexity index is 5660. The van der Waals surface area contributed by atoms with E-state index in [1.165, 1.54) is 73.0 Å². The van der Waals surface area contributed by atoms with Crippen molar-refractivity contribution in [3.63, 3.8) is 0 Å². The van der Waals surface area contributed by atoms with E-state index in [9.17, 15) is 56.4 Å². The van der Waals surface area contributed by atoms with Crippen LogP contribution in [0.3, 0.4) is 0 Å². The van der Waals surface area contributed by atoms with E-state index < -0.39 is 5.91 Å². The molecule has 3 aliphatic rings. The van der Waals surface area contributed by atoms with E-state index in [-0.39, 0.29) is 103 Å². The van der Waals surface area contributed by atoms with Crippen molar-refractivity contribution in [3.8, 4) is 62.7 Å². The van der Waals surface area contributed by atoms with E-state index >= 15 is 0 Å². The molecule has 7 heterocycles. The number of alkyl halides is 1. The lowest BCUT2D eigenvalue weighted by molar-refractivity contribution is -0.126. The number of carbonyl (C=O) groups is 7. The number of aryl methyl sites for hydroxylation is 1. The normalized spacial score (nSPS) is 13.1. The van der Waals surface area contributed by atoms with Crippen LogP contribution in [0.2, 0.25) is 0 Å². The van der Waals surface area contributed by atoms with Crippen molar-refractivity contribution < 1.29 is 51.1 Å². The van der Waals surface area contributed by atoms with Crippen LogP contribution in [0.15, 0.2) is 194 Å². The fourth-order valence-corrected chi connectivity index (χ4v) is 12.1. The van der Waals surface area contributed by atoms with Crippen LogP contribution >= 0.6 is 15.9 Å². The first kappa shape index (κ1) is 73.6. The highest BCUT2D eigenvalue weighted by atomic mass is 79.9. The molecule has 15 rings (SSSR count). The maximum Gasteiger partial charge on any atom is 0.327 e. The molecule has 0 bridgehead atoms. The summed E-state index contributed by atoms with van der Waals surface area (Å²) in [5.41, 5.74) is 19.1. The number of halogens is 5. The van der Waals surface area contributed by atoms with Gasteiger partial charge in [-0.1, -0.05) is 113 Å². The van der Waals surface area contributed by atoms with Crippen LogP contribution in [0, 0.1) is 64.2 Å². The highest BCUT2D eigenvalue weighted by molar-refractivity contribution is 9.08. The molecule has 4 aromatic heterocycles. The maximum absolute atomic E-state index is 13.3. The van der Waals surface area contributed by atoms with Gasteiger partial charge in [0, 0.05) is 48.0 Å². The van der Waals surface area contributed by atoms with Crippen LogP contribution < -0.4 is 11.1 Å². The van der Waals surface area contributed by atoms with Gasteiger partial charge in [0.05, 0.1) is 35.2 Å². The van der Waals surface area contributed by atoms with Crippen molar-refractivity contribution in [2.75, 3.05) is 40.8 Å². The maximum atomic E-state index is 13.3. The van der Waals surface area contributed by atoms with Crippen molar-refractivity contribution in [1.29, 1.82) is 15.8 Å². The number of nitriles is 3. The molecule has 12 aromatic rings. The molecule has 526 valence electrons. The molecule has 106 heavy (non-hydrogen) atoms. The Balaban J connectivity index is 0.000000137. The van der Waals surface area contributed by atoms with Crippen LogP contribution in [0.1, 0.15) is 49.8 Å². The minimum Gasteiger partial charge on any atom is -0.364 e. The lowest BCUT2D eigenvalue weighted by atomic mass is 9.98. The number of benzene rings is 8. The Labute approximate surface area is 611 Å². The Morgan fingerprint density at radius 3 is 1.08 bits per heavy atom. The molecule has 0 radical (unpaired) electrons. The summed E-state index contributed by atoms with van der Waals surface area (Å²) >= 11 is 3.42. The van der Waals surface area contributed by atoms with Crippen molar-refractivity contribution in [3.05, 3.63) is 262 Å². The summed E-state index contributed by atoms with van der Waals surface area (Å²) in [5, 5.41) is 33.9. The van der Waals surface area contributed by atoms with Crippen LogP contribution in [0.5, 0.6) is 0 Å². The van der Waals surface area contributed by atoms with Gasteiger partial charge in [0.2, 0.25) is 5.91 Å². The minimum atomic E-state index is -0.688. The van der Waals surface area contributed by atoms with Crippen molar-refractivity contribution in [2.45, 2.75) is 25.3 Å². The minimum absolute atomic E-state index is 0.0468. The fourth-order valence-electron chi connectivity index (χ4n) is 11.8. The predicted octanol–water partition coefficient (Wildman–Crippen LogP) is 14.0. The van der Waals surface area contributed by atoms with Gasteiger partial charge in [-0.3, -0.25) is 34.3 Å². The highest BCUT2D eigenvalue weighted by Crippen LogP contribution is 2.35. The summed E-state index contributed by atoms with van der Waals surface area (Å²) < 4.78 is 52.7. The van der Waals surface area contributed by atoms with Gasteiger partial charge in [-0.25, -0.2) is 51.9 Å².